The summed E-state index contributed by atoms with van der Waals surface area (Å²) in [5, 5.41) is 13.7. The molecule has 0 radical (unpaired) electrons. The first-order chi connectivity index (χ1) is 16.3. The van der Waals surface area contributed by atoms with Crippen molar-refractivity contribution in [2.45, 2.75) is 71.7 Å². The van der Waals surface area contributed by atoms with Crippen LogP contribution in [-0.4, -0.2) is 62.6 Å². The van der Waals surface area contributed by atoms with E-state index in [9.17, 15) is 23.1 Å². The van der Waals surface area contributed by atoms with Gasteiger partial charge in [-0.1, -0.05) is 12.1 Å². The summed E-state index contributed by atoms with van der Waals surface area (Å²) >= 11 is 0. The molecule has 8 nitrogen and oxygen atoms in total. The Morgan fingerprint density at radius 2 is 1.86 bits per heavy atom. The standard InChI is InChI=1S/C24H33F3N4O4/c1-16(31(22(32)33)23(2,3)4)14-35-15-19-21(24(25,26)27)20-13-29(10-11-30(20)28-19)12-17-6-8-18(34-5)9-7-17/h6-9,16H,10-15H2,1-5H3,(H,32,33). The Balaban J connectivity index is 1.72. The van der Waals surface area contributed by atoms with Gasteiger partial charge in [0, 0.05) is 25.2 Å². The van der Waals surface area contributed by atoms with Gasteiger partial charge in [0.05, 0.1) is 38.6 Å². The van der Waals surface area contributed by atoms with Crippen molar-refractivity contribution in [1.82, 2.24) is 19.6 Å². The molecule has 11 heteroatoms. The monoisotopic (exact) mass is 498 g/mol. The van der Waals surface area contributed by atoms with E-state index in [4.69, 9.17) is 9.47 Å². The van der Waals surface area contributed by atoms with Gasteiger partial charge in [0.25, 0.3) is 0 Å². The molecule has 1 aliphatic rings. The van der Waals surface area contributed by atoms with Crippen LogP contribution in [0.15, 0.2) is 24.3 Å². The number of alkyl halides is 3. The molecule has 0 bridgehead atoms. The molecule has 1 aromatic heterocycles. The Labute approximate surface area is 203 Å². The van der Waals surface area contributed by atoms with E-state index >= 15 is 0 Å². The number of rotatable bonds is 8. The number of carbonyl (C=O) groups is 1. The van der Waals surface area contributed by atoms with Crippen molar-refractivity contribution in [1.29, 1.82) is 0 Å². The molecular formula is C24H33F3N4O4. The summed E-state index contributed by atoms with van der Waals surface area (Å²) in [5.41, 5.74) is -0.524. The van der Waals surface area contributed by atoms with Gasteiger partial charge in [0.15, 0.2) is 0 Å². The zero-order valence-corrected chi connectivity index (χ0v) is 20.7. The SMILES string of the molecule is COc1ccc(CN2CCn3nc(COCC(C)N(C(=O)O)C(C)(C)C)c(C(F)(F)F)c3C2)cc1. The molecule has 0 saturated carbocycles. The van der Waals surface area contributed by atoms with Crippen LogP contribution in [0, 0.1) is 0 Å². The van der Waals surface area contributed by atoms with Crippen molar-refractivity contribution in [3.05, 3.63) is 46.8 Å². The summed E-state index contributed by atoms with van der Waals surface area (Å²) < 4.78 is 54.3. The van der Waals surface area contributed by atoms with Gasteiger partial charge in [-0.15, -0.1) is 0 Å². The number of benzene rings is 1. The van der Waals surface area contributed by atoms with Crippen molar-refractivity contribution < 1.29 is 32.5 Å². The van der Waals surface area contributed by atoms with E-state index in [0.717, 1.165) is 11.3 Å². The van der Waals surface area contributed by atoms with Crippen LogP contribution in [0.4, 0.5) is 18.0 Å². The third-order valence-electron chi connectivity index (χ3n) is 5.95. The van der Waals surface area contributed by atoms with Crippen molar-refractivity contribution in [2.75, 3.05) is 20.3 Å². The van der Waals surface area contributed by atoms with Gasteiger partial charge in [-0.05, 0) is 45.4 Å². The predicted octanol–water partition coefficient (Wildman–Crippen LogP) is 4.61. The second-order valence-electron chi connectivity index (χ2n) is 9.74. The average Bonchev–Trinajstić information content (AvgIpc) is 3.11. The molecule has 2 heterocycles. The zero-order chi connectivity index (χ0) is 26.0. The van der Waals surface area contributed by atoms with E-state index in [1.807, 2.05) is 29.2 Å². The van der Waals surface area contributed by atoms with Crippen LogP contribution in [0.1, 0.15) is 50.2 Å². The maximum Gasteiger partial charge on any atom is 0.420 e. The Kier molecular flexibility index (Phi) is 8.00. The van der Waals surface area contributed by atoms with Crippen LogP contribution in [0.25, 0.3) is 0 Å². The molecule has 0 fully saturated rings. The third kappa shape index (κ3) is 6.46. The van der Waals surface area contributed by atoms with Crippen molar-refractivity contribution in [2.24, 2.45) is 0 Å². The van der Waals surface area contributed by atoms with Gasteiger partial charge in [-0.2, -0.15) is 18.3 Å². The molecule has 1 unspecified atom stereocenters. The molecule has 0 aliphatic carbocycles. The van der Waals surface area contributed by atoms with Crippen molar-refractivity contribution in [3.63, 3.8) is 0 Å². The molecule has 194 valence electrons. The Hall–Kier alpha value is -2.79. The predicted molar refractivity (Wildman–Crippen MR) is 123 cm³/mol. The van der Waals surface area contributed by atoms with E-state index in [1.54, 1.807) is 34.8 Å². The number of aromatic nitrogens is 2. The summed E-state index contributed by atoms with van der Waals surface area (Å²) in [5.74, 6) is 0.720. The number of hydrogen-bond donors (Lipinski definition) is 1. The smallest absolute Gasteiger partial charge is 0.420 e. The maximum absolute atomic E-state index is 14.1. The molecule has 0 spiro atoms. The molecule has 1 aromatic carbocycles. The molecule has 1 atom stereocenters. The van der Waals surface area contributed by atoms with Crippen LogP contribution in [0.5, 0.6) is 5.75 Å². The molecular weight excluding hydrogens is 465 g/mol. The molecule has 0 saturated heterocycles. The highest BCUT2D eigenvalue weighted by atomic mass is 19.4. The molecule has 1 N–H and O–H groups in total. The minimum atomic E-state index is -4.58. The summed E-state index contributed by atoms with van der Waals surface area (Å²) in [6, 6.07) is 6.90. The van der Waals surface area contributed by atoms with Crippen molar-refractivity contribution in [3.8, 4) is 5.75 Å². The van der Waals surface area contributed by atoms with Crippen LogP contribution >= 0.6 is 0 Å². The van der Waals surface area contributed by atoms with Crippen LogP contribution < -0.4 is 4.74 Å². The minimum absolute atomic E-state index is 0.0490. The van der Waals surface area contributed by atoms with Gasteiger partial charge in [-0.25, -0.2) is 4.79 Å². The maximum atomic E-state index is 14.1. The molecule has 1 aliphatic heterocycles. The second kappa shape index (κ2) is 10.4. The highest BCUT2D eigenvalue weighted by Gasteiger charge is 2.41. The van der Waals surface area contributed by atoms with Crippen molar-refractivity contribution >= 4 is 6.09 Å². The lowest BCUT2D eigenvalue weighted by molar-refractivity contribution is -0.140. The number of amides is 1. The highest BCUT2D eigenvalue weighted by Crippen LogP contribution is 2.37. The molecule has 1 amide bonds. The highest BCUT2D eigenvalue weighted by molar-refractivity contribution is 5.66. The normalized spacial score (nSPS) is 15.5. The van der Waals surface area contributed by atoms with E-state index < -0.39 is 29.4 Å². The number of carboxylic acid groups (broad SMARTS) is 1. The van der Waals surface area contributed by atoms with Crippen LogP contribution in [0.2, 0.25) is 0 Å². The fraction of sp³-hybridized carbons (Fsp3) is 0.583. The van der Waals surface area contributed by atoms with Gasteiger partial charge >= 0.3 is 12.3 Å². The lowest BCUT2D eigenvalue weighted by Crippen LogP contribution is -2.51. The minimum Gasteiger partial charge on any atom is -0.497 e. The summed E-state index contributed by atoms with van der Waals surface area (Å²) in [7, 11) is 1.58. The topological polar surface area (TPSA) is 80.1 Å². The van der Waals surface area contributed by atoms with Gasteiger partial charge in [-0.3, -0.25) is 14.5 Å². The number of nitrogens with zero attached hydrogens (tertiary/aromatic N) is 4. The molecule has 35 heavy (non-hydrogen) atoms. The average molecular weight is 499 g/mol. The number of fused-ring (bicyclic) bond motifs is 1. The molecule has 2 aromatic rings. The molecule has 3 rings (SSSR count). The fourth-order valence-corrected chi connectivity index (χ4v) is 4.51. The zero-order valence-electron chi connectivity index (χ0n) is 20.7. The van der Waals surface area contributed by atoms with E-state index in [1.165, 1.54) is 9.58 Å². The number of halogens is 3. The number of hydrogen-bond acceptors (Lipinski definition) is 5. The van der Waals surface area contributed by atoms with E-state index in [2.05, 4.69) is 5.10 Å². The number of methoxy groups -OCH3 is 1. The third-order valence-corrected chi connectivity index (χ3v) is 5.95. The Morgan fingerprint density at radius 3 is 2.40 bits per heavy atom. The second-order valence-corrected chi connectivity index (χ2v) is 9.74. The first kappa shape index (κ1) is 26.8. The summed E-state index contributed by atoms with van der Waals surface area (Å²) in [4.78, 5) is 14.8. The van der Waals surface area contributed by atoms with Gasteiger partial charge in [0.2, 0.25) is 0 Å². The Morgan fingerprint density at radius 1 is 1.20 bits per heavy atom. The van der Waals surface area contributed by atoms with E-state index in [0.29, 0.717) is 19.6 Å². The van der Waals surface area contributed by atoms with Crippen LogP contribution in [-0.2, 0) is 37.2 Å². The lowest BCUT2D eigenvalue weighted by Gasteiger charge is -2.37. The lowest BCUT2D eigenvalue weighted by atomic mass is 10.0. The first-order valence-electron chi connectivity index (χ1n) is 11.4. The largest absolute Gasteiger partial charge is 0.497 e. The summed E-state index contributed by atoms with van der Waals surface area (Å²) in [6.07, 6.45) is -5.70. The first-order valence-corrected chi connectivity index (χ1v) is 11.4. The van der Waals surface area contributed by atoms with Gasteiger partial charge in [0.1, 0.15) is 17.0 Å². The Bertz CT molecular complexity index is 1020. The quantitative estimate of drug-likeness (QED) is 0.573. The van der Waals surface area contributed by atoms with Gasteiger partial charge < -0.3 is 14.6 Å². The fourth-order valence-electron chi connectivity index (χ4n) is 4.51. The van der Waals surface area contributed by atoms with E-state index in [-0.39, 0.29) is 31.1 Å². The summed E-state index contributed by atoms with van der Waals surface area (Å²) in [6.45, 7) is 8.04. The van der Waals surface area contributed by atoms with Crippen LogP contribution in [0.3, 0.4) is 0 Å². The number of ether oxygens (including phenoxy) is 2.